The largest absolute Gasteiger partial charge is 1.00 e. The van der Waals surface area contributed by atoms with E-state index in [1.54, 1.807) is 20.8 Å². The van der Waals surface area contributed by atoms with Gasteiger partial charge in [-0.15, -0.1) is 0 Å². The quantitative estimate of drug-likeness (QED) is 0.199. The van der Waals surface area contributed by atoms with Gasteiger partial charge in [-0.1, -0.05) is 12.1 Å². The number of amides is 1. The number of benzene rings is 1. The number of ether oxygens (including phenoxy) is 2. The minimum absolute atomic E-state index is 0. The van der Waals surface area contributed by atoms with Gasteiger partial charge in [0.25, 0.3) is 0 Å². The highest BCUT2D eigenvalue weighted by molar-refractivity contribution is 5.92. The van der Waals surface area contributed by atoms with Crippen LogP contribution in [0.2, 0.25) is 0 Å². The molecule has 3 N–H and O–H groups in total. The van der Waals surface area contributed by atoms with Crippen LogP contribution in [0.3, 0.4) is 0 Å². The number of carbonyl (C=O) groups is 3. The number of carbonyl (C=O) groups excluding carboxylic acids is 3. The second kappa shape index (κ2) is 10.9. The number of nitrogens with zero attached hydrogens (tertiary/aromatic N) is 1. The van der Waals surface area contributed by atoms with Gasteiger partial charge >= 0.3 is 12.1 Å². The highest BCUT2D eigenvalue weighted by atomic mass is 127. The van der Waals surface area contributed by atoms with Crippen molar-refractivity contribution in [3.05, 3.63) is 42.1 Å². The van der Waals surface area contributed by atoms with Gasteiger partial charge in [0.1, 0.15) is 12.6 Å². The molecule has 1 amide bonds. The van der Waals surface area contributed by atoms with E-state index in [-0.39, 0.29) is 30.4 Å². The van der Waals surface area contributed by atoms with Gasteiger partial charge in [0.05, 0.1) is 6.54 Å². The maximum atomic E-state index is 12.3. The molecule has 1 atom stereocenters. The molecule has 0 aliphatic rings. The summed E-state index contributed by atoms with van der Waals surface area (Å²) in [6.45, 7) is 6.01. The number of pyridine rings is 1. The Morgan fingerprint density at radius 1 is 1.10 bits per heavy atom. The van der Waals surface area contributed by atoms with Gasteiger partial charge in [-0.3, -0.25) is 15.3 Å². The second-order valence-electron chi connectivity index (χ2n) is 8.38. The summed E-state index contributed by atoms with van der Waals surface area (Å²) in [4.78, 5) is 36.2. The molecule has 1 heterocycles. The number of ketones is 1. The lowest BCUT2D eigenvalue weighted by Crippen LogP contribution is -3.00. The smallest absolute Gasteiger partial charge is 0.408 e. The van der Waals surface area contributed by atoms with E-state index in [1.165, 1.54) is 6.92 Å². The Balaban J connectivity index is 0.00000480. The second-order valence-corrected chi connectivity index (χ2v) is 8.38. The highest BCUT2D eigenvalue weighted by Gasteiger charge is 2.33. The molecule has 2 aromatic rings. The number of alkyl carbamates (subject to hydrolysis) is 1. The molecule has 0 aliphatic heterocycles. The molecule has 9 heteroatoms. The summed E-state index contributed by atoms with van der Waals surface area (Å²) < 4.78 is 12.2. The zero-order valence-corrected chi connectivity index (χ0v) is 20.7. The van der Waals surface area contributed by atoms with E-state index in [2.05, 4.69) is 5.32 Å². The summed E-state index contributed by atoms with van der Waals surface area (Å²) in [5.41, 5.74) is 5.36. The molecule has 2 rings (SSSR count). The lowest BCUT2D eigenvalue weighted by molar-refractivity contribution is -0.645. The first-order chi connectivity index (χ1) is 13.9. The first kappa shape index (κ1) is 26.8. The van der Waals surface area contributed by atoms with Crippen molar-refractivity contribution in [2.75, 3.05) is 6.54 Å². The minimum atomic E-state index is -1.85. The Morgan fingerprint density at radius 2 is 1.74 bits per heavy atom. The average Bonchev–Trinajstić information content (AvgIpc) is 2.62. The molecule has 0 saturated carbocycles. The number of nitrogens with one attached hydrogen (secondary N) is 1. The average molecular weight is 543 g/mol. The minimum Gasteiger partial charge on any atom is -1.00 e. The fraction of sp³-hybridized carbons (Fsp3) is 0.455. The van der Waals surface area contributed by atoms with Gasteiger partial charge < -0.3 is 38.8 Å². The number of para-hydroxylation sites is 1. The number of halogens is 1. The number of Topliss-reactive ketones (excluding diaryl/α,β-unsaturated/α-hetero) is 1. The van der Waals surface area contributed by atoms with Crippen molar-refractivity contribution in [1.82, 2.24) is 5.32 Å². The topological polar surface area (TPSA) is 112 Å². The number of fused-ring (bicyclic) bond motifs is 1. The van der Waals surface area contributed by atoms with Crippen LogP contribution in [0.4, 0.5) is 4.79 Å². The van der Waals surface area contributed by atoms with Crippen molar-refractivity contribution in [1.29, 1.82) is 0 Å². The van der Waals surface area contributed by atoms with E-state index in [9.17, 15) is 14.4 Å². The van der Waals surface area contributed by atoms with Crippen LogP contribution < -0.4 is 39.6 Å². The third-order valence-corrected chi connectivity index (χ3v) is 4.31. The summed E-state index contributed by atoms with van der Waals surface area (Å²) in [6.07, 6.45) is 1.71. The van der Waals surface area contributed by atoms with Crippen molar-refractivity contribution in [3.8, 4) is 0 Å². The molecule has 0 saturated heterocycles. The maximum Gasteiger partial charge on any atom is 0.408 e. The van der Waals surface area contributed by atoms with Crippen LogP contribution in [0.1, 0.15) is 39.7 Å². The van der Waals surface area contributed by atoms with Crippen molar-refractivity contribution in [2.45, 2.75) is 51.9 Å². The molecule has 8 nitrogen and oxygen atoms in total. The summed E-state index contributed by atoms with van der Waals surface area (Å²) >= 11 is 0. The van der Waals surface area contributed by atoms with Crippen LogP contribution in [0.5, 0.6) is 0 Å². The number of aryl methyl sites for hydroxylation is 2. The lowest BCUT2D eigenvalue weighted by atomic mass is 10.1. The number of hydrogen-bond acceptors (Lipinski definition) is 6. The van der Waals surface area contributed by atoms with E-state index in [1.807, 2.05) is 48.1 Å². The molecule has 0 fully saturated rings. The number of nitrogens with two attached hydrogens (primary N) is 1. The molecule has 1 aromatic heterocycles. The van der Waals surface area contributed by atoms with Crippen molar-refractivity contribution < 1.29 is 52.4 Å². The van der Waals surface area contributed by atoms with Crippen molar-refractivity contribution >= 4 is 28.7 Å². The molecule has 0 bridgehead atoms. The van der Waals surface area contributed by atoms with Gasteiger partial charge in [0, 0.05) is 23.4 Å². The van der Waals surface area contributed by atoms with Gasteiger partial charge in [-0.05, 0) is 46.2 Å². The number of hydrogen-bond donors (Lipinski definition) is 2. The molecular formula is C22H30IN3O5. The molecule has 31 heavy (non-hydrogen) atoms. The van der Waals surface area contributed by atoms with Crippen LogP contribution in [0.25, 0.3) is 10.9 Å². The number of aromatic nitrogens is 1. The van der Waals surface area contributed by atoms with Crippen LogP contribution in [-0.4, -0.2) is 35.7 Å². The molecule has 1 unspecified atom stereocenters. The fourth-order valence-corrected chi connectivity index (χ4v) is 2.86. The molecule has 0 radical (unpaired) electrons. The van der Waals surface area contributed by atoms with Gasteiger partial charge in [0.15, 0.2) is 6.20 Å². The fourth-order valence-electron chi connectivity index (χ4n) is 2.86. The first-order valence-corrected chi connectivity index (χ1v) is 9.75. The van der Waals surface area contributed by atoms with E-state index < -0.39 is 35.7 Å². The Morgan fingerprint density at radius 3 is 2.39 bits per heavy atom. The molecule has 170 valence electrons. The third-order valence-electron chi connectivity index (χ3n) is 4.31. The van der Waals surface area contributed by atoms with Crippen LogP contribution in [-0.2, 0) is 32.5 Å². The Labute approximate surface area is 199 Å². The highest BCUT2D eigenvalue weighted by Crippen LogP contribution is 2.14. The molecule has 0 aliphatic carbocycles. The predicted octanol–water partition coefficient (Wildman–Crippen LogP) is -1.09. The lowest BCUT2D eigenvalue weighted by Gasteiger charge is -2.24. The van der Waals surface area contributed by atoms with Gasteiger partial charge in [-0.2, -0.15) is 0 Å². The summed E-state index contributed by atoms with van der Waals surface area (Å²) in [6, 6.07) is 9.96. The maximum absolute atomic E-state index is 12.3. The van der Waals surface area contributed by atoms with Crippen LogP contribution in [0, 0.1) is 0 Å². The Kier molecular flexibility index (Phi) is 9.37. The van der Waals surface area contributed by atoms with E-state index in [4.69, 9.17) is 15.2 Å². The zero-order chi connectivity index (χ0) is 22.5. The summed E-state index contributed by atoms with van der Waals surface area (Å²) in [5, 5.41) is 3.38. The van der Waals surface area contributed by atoms with Crippen molar-refractivity contribution in [3.63, 3.8) is 0 Å². The van der Waals surface area contributed by atoms with Gasteiger partial charge in [0.2, 0.25) is 17.0 Å². The number of esters is 1. The van der Waals surface area contributed by atoms with Crippen molar-refractivity contribution in [2.24, 2.45) is 12.8 Å². The molecule has 0 spiro atoms. The SMILES string of the molecule is C[n+]1cc(CCC(=O)OC(C)(N)C(=O)CNC(=O)OC(C)(C)C)cc2ccccc21.[I-]. The predicted molar refractivity (Wildman–Crippen MR) is 111 cm³/mol. The van der Waals surface area contributed by atoms with E-state index in [0.29, 0.717) is 6.42 Å². The molecular weight excluding hydrogens is 513 g/mol. The van der Waals surface area contributed by atoms with E-state index in [0.717, 1.165) is 16.5 Å². The van der Waals surface area contributed by atoms with E-state index >= 15 is 0 Å². The van der Waals surface area contributed by atoms with Crippen LogP contribution >= 0.6 is 0 Å². The Hall–Kier alpha value is -2.27. The molecule has 1 aromatic carbocycles. The zero-order valence-electron chi connectivity index (χ0n) is 18.5. The third kappa shape index (κ3) is 8.41. The van der Waals surface area contributed by atoms with Gasteiger partial charge in [-0.25, -0.2) is 9.36 Å². The first-order valence-electron chi connectivity index (χ1n) is 9.75. The Bertz CT molecular complexity index is 954. The summed E-state index contributed by atoms with van der Waals surface area (Å²) in [7, 11) is 1.94. The monoisotopic (exact) mass is 543 g/mol. The standard InChI is InChI=1S/C22H29N3O5.HI/c1-21(2,3)30-20(28)24-13-18(26)22(4,23)29-19(27)11-10-15-12-16-8-6-7-9-17(16)25(5)14-15;/h6-9,12,14H,10-11,13,23H2,1-5H3;1H. The number of rotatable bonds is 7. The summed E-state index contributed by atoms with van der Waals surface area (Å²) in [5.74, 6) is -1.24. The van der Waals surface area contributed by atoms with Crippen LogP contribution in [0.15, 0.2) is 36.5 Å². The normalized spacial score (nSPS) is 13.0.